The molecule has 0 saturated carbocycles. The lowest BCUT2D eigenvalue weighted by atomic mass is 10.1. The highest BCUT2D eigenvalue weighted by Crippen LogP contribution is 2.35. The molecule has 120 valence electrons. The predicted octanol–water partition coefficient (Wildman–Crippen LogP) is 3.78. The average molecular weight is 337 g/mol. The Morgan fingerprint density at radius 3 is 2.83 bits per heavy atom. The fourth-order valence-electron chi connectivity index (χ4n) is 2.67. The predicted molar refractivity (Wildman–Crippen MR) is 95.0 cm³/mol. The number of hydrogen-bond acceptors (Lipinski definition) is 4. The Labute approximate surface area is 143 Å². The molecular weight excluding hydrogens is 322 g/mol. The third-order valence-electron chi connectivity index (χ3n) is 3.92. The molecule has 5 nitrogen and oxygen atoms in total. The van der Waals surface area contributed by atoms with E-state index in [2.05, 4.69) is 12.6 Å². The standard InChI is InChI=1S/C18H15N3O2S/c1-3-12(2)21-17(22)16(24-18(21)23)10-13-11-20(9-8-19)15-7-5-4-6-14(13)15/h3-7,10-12H,1,9H2,2H3/b16-10-/t12-/m0/s1. The average Bonchev–Trinajstić information content (AvgIpc) is 3.06. The second-order valence-electron chi connectivity index (χ2n) is 5.42. The van der Waals surface area contributed by atoms with Crippen molar-refractivity contribution in [3.8, 4) is 6.07 Å². The minimum atomic E-state index is -0.344. The SMILES string of the molecule is C=C[C@H](C)N1C(=O)S/C(=C\c2cn(CC#N)c3ccccc23)C1=O. The fraction of sp³-hybridized carbons (Fsp3) is 0.167. The number of para-hydroxylation sites is 1. The first kappa shape index (κ1) is 16.1. The van der Waals surface area contributed by atoms with Crippen LogP contribution in [0.5, 0.6) is 0 Å². The van der Waals surface area contributed by atoms with E-state index in [9.17, 15) is 9.59 Å². The highest BCUT2D eigenvalue weighted by Gasteiger charge is 2.37. The molecule has 0 bridgehead atoms. The van der Waals surface area contributed by atoms with Gasteiger partial charge in [0.2, 0.25) is 0 Å². The molecule has 0 spiro atoms. The maximum absolute atomic E-state index is 12.5. The fourth-order valence-corrected chi connectivity index (χ4v) is 3.58. The molecular formula is C18H15N3O2S. The molecule has 1 aliphatic rings. The normalized spacial score (nSPS) is 17.5. The number of thioether (sulfide) groups is 1. The highest BCUT2D eigenvalue weighted by atomic mass is 32.2. The van der Waals surface area contributed by atoms with Crippen molar-refractivity contribution in [1.29, 1.82) is 5.26 Å². The summed E-state index contributed by atoms with van der Waals surface area (Å²) in [5.41, 5.74) is 1.74. The summed E-state index contributed by atoms with van der Waals surface area (Å²) in [7, 11) is 0. The summed E-state index contributed by atoms with van der Waals surface area (Å²) in [5.74, 6) is -0.311. The van der Waals surface area contributed by atoms with Crippen molar-refractivity contribution < 1.29 is 9.59 Å². The summed E-state index contributed by atoms with van der Waals surface area (Å²) in [6.07, 6.45) is 5.12. The molecule has 1 atom stereocenters. The van der Waals surface area contributed by atoms with Crippen molar-refractivity contribution in [2.75, 3.05) is 0 Å². The van der Waals surface area contributed by atoms with Crippen LogP contribution in [0.4, 0.5) is 4.79 Å². The topological polar surface area (TPSA) is 66.1 Å². The molecule has 0 unspecified atom stereocenters. The minimum absolute atomic E-state index is 0.226. The van der Waals surface area contributed by atoms with Gasteiger partial charge in [-0.1, -0.05) is 24.3 Å². The quantitative estimate of drug-likeness (QED) is 0.629. The largest absolute Gasteiger partial charge is 0.333 e. The zero-order valence-electron chi connectivity index (χ0n) is 13.1. The first-order chi connectivity index (χ1) is 11.6. The van der Waals surface area contributed by atoms with Gasteiger partial charge in [0.1, 0.15) is 6.54 Å². The number of nitrogens with zero attached hydrogens (tertiary/aromatic N) is 3. The molecule has 2 heterocycles. The van der Waals surface area contributed by atoms with Crippen molar-refractivity contribution in [3.63, 3.8) is 0 Å². The Morgan fingerprint density at radius 1 is 1.38 bits per heavy atom. The van der Waals surface area contributed by atoms with Gasteiger partial charge in [0, 0.05) is 22.7 Å². The van der Waals surface area contributed by atoms with Crippen LogP contribution in [0.1, 0.15) is 12.5 Å². The Hall–Kier alpha value is -2.78. The third-order valence-corrected chi connectivity index (χ3v) is 4.80. The van der Waals surface area contributed by atoms with Crippen LogP contribution in [0, 0.1) is 11.3 Å². The van der Waals surface area contributed by atoms with E-state index in [4.69, 9.17) is 5.26 Å². The Kier molecular flexibility index (Phi) is 4.28. The number of imide groups is 1. The van der Waals surface area contributed by atoms with Gasteiger partial charge in [0.15, 0.2) is 0 Å². The molecule has 0 radical (unpaired) electrons. The maximum atomic E-state index is 12.5. The molecule has 24 heavy (non-hydrogen) atoms. The van der Waals surface area contributed by atoms with Crippen LogP contribution in [0.2, 0.25) is 0 Å². The molecule has 1 fully saturated rings. The molecule has 1 aliphatic heterocycles. The molecule has 0 aliphatic carbocycles. The lowest BCUT2D eigenvalue weighted by Crippen LogP contribution is -2.35. The van der Waals surface area contributed by atoms with E-state index >= 15 is 0 Å². The van der Waals surface area contributed by atoms with Crippen LogP contribution < -0.4 is 0 Å². The van der Waals surface area contributed by atoms with Crippen LogP contribution >= 0.6 is 11.8 Å². The van der Waals surface area contributed by atoms with Gasteiger partial charge >= 0.3 is 0 Å². The monoisotopic (exact) mass is 337 g/mol. The molecule has 2 amide bonds. The van der Waals surface area contributed by atoms with Crippen LogP contribution in [-0.2, 0) is 11.3 Å². The third kappa shape index (κ3) is 2.63. The summed E-state index contributed by atoms with van der Waals surface area (Å²) in [5, 5.41) is 9.62. The van der Waals surface area contributed by atoms with Gasteiger partial charge in [-0.05, 0) is 30.8 Å². The number of amides is 2. The maximum Gasteiger partial charge on any atom is 0.294 e. The molecule has 6 heteroatoms. The van der Waals surface area contributed by atoms with Gasteiger partial charge < -0.3 is 4.57 Å². The number of hydrogen-bond donors (Lipinski definition) is 0. The van der Waals surface area contributed by atoms with E-state index in [1.165, 1.54) is 4.90 Å². The van der Waals surface area contributed by atoms with E-state index < -0.39 is 0 Å². The highest BCUT2D eigenvalue weighted by molar-refractivity contribution is 8.18. The van der Waals surface area contributed by atoms with Crippen molar-refractivity contribution >= 4 is 39.9 Å². The first-order valence-electron chi connectivity index (χ1n) is 7.41. The zero-order chi connectivity index (χ0) is 17.3. The van der Waals surface area contributed by atoms with E-state index in [1.807, 2.05) is 35.0 Å². The van der Waals surface area contributed by atoms with Crippen molar-refractivity contribution in [1.82, 2.24) is 9.47 Å². The molecule has 1 saturated heterocycles. The number of aromatic nitrogens is 1. The van der Waals surface area contributed by atoms with Crippen molar-refractivity contribution in [3.05, 3.63) is 53.6 Å². The lowest BCUT2D eigenvalue weighted by molar-refractivity contribution is -0.123. The zero-order valence-corrected chi connectivity index (χ0v) is 13.9. The molecule has 3 rings (SSSR count). The number of rotatable bonds is 4. The molecule has 2 aromatic rings. The first-order valence-corrected chi connectivity index (χ1v) is 8.23. The van der Waals surface area contributed by atoms with E-state index in [-0.39, 0.29) is 23.7 Å². The van der Waals surface area contributed by atoms with Gasteiger partial charge in [0.25, 0.3) is 11.1 Å². The Balaban J connectivity index is 2.05. The Morgan fingerprint density at radius 2 is 2.12 bits per heavy atom. The van der Waals surface area contributed by atoms with E-state index in [1.54, 1.807) is 19.1 Å². The molecule has 0 N–H and O–H groups in total. The number of carbonyl (C=O) groups excluding carboxylic acids is 2. The number of carbonyl (C=O) groups is 2. The molecule has 1 aromatic carbocycles. The van der Waals surface area contributed by atoms with E-state index in [0.29, 0.717) is 4.91 Å². The van der Waals surface area contributed by atoms with Crippen LogP contribution in [0.3, 0.4) is 0 Å². The summed E-state index contributed by atoms with van der Waals surface area (Å²) >= 11 is 0.928. The molecule has 1 aromatic heterocycles. The van der Waals surface area contributed by atoms with Crippen LogP contribution in [0.25, 0.3) is 17.0 Å². The minimum Gasteiger partial charge on any atom is -0.333 e. The van der Waals surface area contributed by atoms with E-state index in [0.717, 1.165) is 28.2 Å². The number of fused-ring (bicyclic) bond motifs is 1. The van der Waals surface area contributed by atoms with Crippen LogP contribution in [-0.4, -0.2) is 26.7 Å². The van der Waals surface area contributed by atoms with Crippen molar-refractivity contribution in [2.24, 2.45) is 0 Å². The van der Waals surface area contributed by atoms with Gasteiger partial charge in [-0.3, -0.25) is 14.5 Å². The Bertz CT molecular complexity index is 920. The summed E-state index contributed by atoms with van der Waals surface area (Å²) < 4.78 is 1.83. The van der Waals surface area contributed by atoms with Gasteiger partial charge in [-0.25, -0.2) is 0 Å². The smallest absolute Gasteiger partial charge is 0.294 e. The lowest BCUT2D eigenvalue weighted by Gasteiger charge is -2.17. The van der Waals surface area contributed by atoms with Gasteiger partial charge in [0.05, 0.1) is 17.0 Å². The number of nitriles is 1. The van der Waals surface area contributed by atoms with Crippen molar-refractivity contribution in [2.45, 2.75) is 19.5 Å². The summed E-state index contributed by atoms with van der Waals surface area (Å²) in [4.78, 5) is 26.2. The second kappa shape index (κ2) is 6.38. The second-order valence-corrected chi connectivity index (χ2v) is 6.41. The summed E-state index contributed by atoms with van der Waals surface area (Å²) in [6.45, 7) is 5.62. The number of benzene rings is 1. The van der Waals surface area contributed by atoms with Gasteiger partial charge in [-0.15, -0.1) is 6.58 Å². The van der Waals surface area contributed by atoms with Gasteiger partial charge in [-0.2, -0.15) is 5.26 Å². The summed E-state index contributed by atoms with van der Waals surface area (Å²) in [6, 6.07) is 9.45. The van der Waals surface area contributed by atoms with Crippen LogP contribution in [0.15, 0.2) is 48.0 Å².